The Morgan fingerprint density at radius 1 is 1.15 bits per heavy atom. The Labute approximate surface area is 156 Å². The molecule has 0 unspecified atom stereocenters. The molecule has 0 aromatic heterocycles. The van der Waals surface area contributed by atoms with Crippen molar-refractivity contribution in [1.29, 1.82) is 0 Å². The number of ether oxygens (including phenoxy) is 1. The molecule has 0 bridgehead atoms. The summed E-state index contributed by atoms with van der Waals surface area (Å²) in [7, 11) is 0. The van der Waals surface area contributed by atoms with Crippen LogP contribution in [0.25, 0.3) is 0 Å². The number of carbonyl (C=O) groups is 2. The fourth-order valence-corrected chi connectivity index (χ4v) is 2.84. The fourth-order valence-electron chi connectivity index (χ4n) is 2.54. The van der Waals surface area contributed by atoms with Crippen LogP contribution in [0.3, 0.4) is 0 Å². The fraction of sp³-hybridized carbons (Fsp3) is 0.158. The molecule has 1 heterocycles. The third-order valence-electron chi connectivity index (χ3n) is 3.74. The Bertz CT molecular complexity index is 867. The first-order chi connectivity index (χ1) is 12.6. The van der Waals surface area contributed by atoms with Gasteiger partial charge in [0.2, 0.25) is 5.91 Å². The van der Waals surface area contributed by atoms with Gasteiger partial charge < -0.3 is 10.1 Å². The van der Waals surface area contributed by atoms with Gasteiger partial charge in [-0.15, -0.1) is 0 Å². The Kier molecular flexibility index (Phi) is 5.38. The maximum Gasteiger partial charge on any atom is 0.251 e. The summed E-state index contributed by atoms with van der Waals surface area (Å²) in [5, 5.41) is 2.62. The van der Waals surface area contributed by atoms with Crippen molar-refractivity contribution >= 4 is 46.7 Å². The first kappa shape index (κ1) is 17.8. The van der Waals surface area contributed by atoms with Crippen molar-refractivity contribution in [3.63, 3.8) is 0 Å². The summed E-state index contributed by atoms with van der Waals surface area (Å²) < 4.78 is 5.51. The summed E-state index contributed by atoms with van der Waals surface area (Å²) in [6, 6.07) is 16.1. The minimum Gasteiger partial charge on any atom is -0.492 e. The number of anilines is 1. The molecule has 0 radical (unpaired) electrons. The van der Waals surface area contributed by atoms with Crippen LogP contribution in [-0.2, 0) is 9.59 Å². The van der Waals surface area contributed by atoms with E-state index in [0.29, 0.717) is 23.7 Å². The summed E-state index contributed by atoms with van der Waals surface area (Å²) >= 11 is 5.16. The van der Waals surface area contributed by atoms with E-state index in [1.807, 2.05) is 25.1 Å². The van der Waals surface area contributed by atoms with Gasteiger partial charge in [0.15, 0.2) is 11.0 Å². The van der Waals surface area contributed by atoms with E-state index in [4.69, 9.17) is 17.0 Å². The number of thiocarbonyl (C=S) groups is 1. The highest BCUT2D eigenvalue weighted by Gasteiger charge is 2.38. The molecular weight excluding hydrogens is 350 g/mol. The minimum absolute atomic E-state index is 0.0607. The van der Waals surface area contributed by atoms with Crippen LogP contribution in [-0.4, -0.2) is 29.7 Å². The predicted molar refractivity (Wildman–Crippen MR) is 104 cm³/mol. The van der Waals surface area contributed by atoms with Gasteiger partial charge in [-0.2, -0.15) is 0 Å². The second-order valence-electron chi connectivity index (χ2n) is 5.46. The molecule has 0 saturated carbocycles. The lowest BCUT2D eigenvalue weighted by Gasteiger charge is -2.30. The van der Waals surface area contributed by atoms with Crippen LogP contribution < -0.4 is 15.0 Å². The maximum absolute atomic E-state index is 12.8. The number of nitrogens with zero attached hydrogens (tertiary/aromatic N) is 2. The number of hydrogen-bond donors (Lipinski definition) is 1. The van der Waals surface area contributed by atoms with E-state index in [9.17, 15) is 9.59 Å². The van der Waals surface area contributed by atoms with Gasteiger partial charge in [0.25, 0.3) is 5.91 Å². The molecule has 26 heavy (non-hydrogen) atoms. The Morgan fingerprint density at radius 2 is 1.85 bits per heavy atom. The van der Waals surface area contributed by atoms with Crippen molar-refractivity contribution < 1.29 is 14.3 Å². The van der Waals surface area contributed by atoms with Crippen molar-refractivity contribution in [3.8, 4) is 5.75 Å². The van der Waals surface area contributed by atoms with Crippen LogP contribution in [0.5, 0.6) is 5.75 Å². The van der Waals surface area contributed by atoms with E-state index in [0.717, 1.165) is 0 Å². The van der Waals surface area contributed by atoms with E-state index < -0.39 is 17.7 Å². The van der Waals surface area contributed by atoms with Crippen molar-refractivity contribution in [2.45, 2.75) is 6.92 Å². The molecule has 2 aromatic carbocycles. The third-order valence-corrected chi connectivity index (χ3v) is 4.03. The van der Waals surface area contributed by atoms with Crippen LogP contribution in [0.4, 0.5) is 11.4 Å². The molecule has 2 amide bonds. The zero-order valence-electron chi connectivity index (χ0n) is 14.1. The summed E-state index contributed by atoms with van der Waals surface area (Å²) in [6.45, 7) is 2.36. The largest absolute Gasteiger partial charge is 0.492 e. The molecule has 0 aliphatic carbocycles. The van der Waals surface area contributed by atoms with Gasteiger partial charge in [-0.3, -0.25) is 19.5 Å². The highest BCUT2D eigenvalue weighted by molar-refractivity contribution is 7.80. The van der Waals surface area contributed by atoms with Gasteiger partial charge in [-0.25, -0.2) is 0 Å². The average Bonchev–Trinajstić information content (AvgIpc) is 2.63. The van der Waals surface area contributed by atoms with Gasteiger partial charge in [0, 0.05) is 6.21 Å². The molecule has 1 saturated heterocycles. The molecule has 132 valence electrons. The lowest BCUT2D eigenvalue weighted by atomic mass is 10.1. The molecule has 1 atom stereocenters. The summed E-state index contributed by atoms with van der Waals surface area (Å²) in [5.74, 6) is -1.42. The smallest absolute Gasteiger partial charge is 0.251 e. The summed E-state index contributed by atoms with van der Waals surface area (Å²) in [5.41, 5.74) is 1.14. The molecule has 1 aliphatic rings. The molecule has 0 spiro atoms. The molecule has 3 rings (SSSR count). The lowest BCUT2D eigenvalue weighted by molar-refractivity contribution is -0.130. The third kappa shape index (κ3) is 3.62. The Morgan fingerprint density at radius 3 is 2.58 bits per heavy atom. The molecule has 2 aromatic rings. The maximum atomic E-state index is 12.8. The van der Waals surface area contributed by atoms with E-state index in [-0.39, 0.29) is 5.11 Å². The highest BCUT2D eigenvalue weighted by Crippen LogP contribution is 2.27. The second-order valence-corrected chi connectivity index (χ2v) is 5.85. The number of benzene rings is 2. The van der Waals surface area contributed by atoms with Crippen molar-refractivity contribution in [3.05, 3.63) is 54.6 Å². The van der Waals surface area contributed by atoms with Crippen LogP contribution in [0, 0.1) is 5.92 Å². The first-order valence-electron chi connectivity index (χ1n) is 8.11. The highest BCUT2D eigenvalue weighted by atomic mass is 32.1. The van der Waals surface area contributed by atoms with E-state index in [1.165, 1.54) is 11.1 Å². The van der Waals surface area contributed by atoms with Crippen molar-refractivity contribution in [2.24, 2.45) is 10.9 Å². The van der Waals surface area contributed by atoms with E-state index >= 15 is 0 Å². The first-order valence-corrected chi connectivity index (χ1v) is 8.52. The van der Waals surface area contributed by atoms with Crippen LogP contribution in [0.2, 0.25) is 0 Å². The van der Waals surface area contributed by atoms with Gasteiger partial charge in [-0.05, 0) is 43.4 Å². The summed E-state index contributed by atoms with van der Waals surface area (Å²) in [6.07, 6.45) is 1.33. The normalized spacial score (nSPS) is 17.5. The molecular formula is C19H17N3O3S. The number of aliphatic imine (C=N–C) groups is 1. The summed E-state index contributed by atoms with van der Waals surface area (Å²) in [4.78, 5) is 30.7. The van der Waals surface area contributed by atoms with E-state index in [1.54, 1.807) is 36.4 Å². The van der Waals surface area contributed by atoms with Gasteiger partial charge in [0.05, 0.1) is 12.3 Å². The van der Waals surface area contributed by atoms with Gasteiger partial charge >= 0.3 is 0 Å². The monoisotopic (exact) mass is 367 g/mol. The number of hydrogen-bond acceptors (Lipinski definition) is 5. The number of para-hydroxylation sites is 3. The molecule has 1 fully saturated rings. The predicted octanol–water partition coefficient (Wildman–Crippen LogP) is 2.85. The lowest BCUT2D eigenvalue weighted by Crippen LogP contribution is -2.58. The molecule has 1 aliphatic heterocycles. The van der Waals surface area contributed by atoms with Crippen LogP contribution in [0.15, 0.2) is 59.6 Å². The molecule has 6 nitrogen and oxygen atoms in total. The zero-order chi connectivity index (χ0) is 18.5. The number of nitrogens with one attached hydrogen (secondary N) is 1. The van der Waals surface area contributed by atoms with E-state index in [2.05, 4.69) is 10.3 Å². The minimum atomic E-state index is -1.07. The zero-order valence-corrected chi connectivity index (χ0v) is 14.9. The van der Waals surface area contributed by atoms with Gasteiger partial charge in [0.1, 0.15) is 11.4 Å². The Balaban J connectivity index is 1.88. The standard InChI is InChI=1S/C19H17N3O3S/c1-2-25-16-11-7-6-10-15(16)20-12-14-17(23)21-19(26)22(18(14)24)13-8-4-3-5-9-13/h3-12,14H,2H2,1H3,(H,21,23,26)/t14-/m0/s1. The second kappa shape index (κ2) is 7.88. The quantitative estimate of drug-likeness (QED) is 0.501. The SMILES string of the molecule is CCOc1ccccc1N=C[C@H]1C(=O)NC(=S)N(c2ccccc2)C1=O. The molecule has 1 N–H and O–H groups in total. The number of carbonyl (C=O) groups excluding carboxylic acids is 2. The van der Waals surface area contributed by atoms with Crippen molar-refractivity contribution in [1.82, 2.24) is 5.32 Å². The topological polar surface area (TPSA) is 71.0 Å². The number of rotatable bonds is 5. The van der Waals surface area contributed by atoms with Crippen LogP contribution >= 0.6 is 12.2 Å². The van der Waals surface area contributed by atoms with Crippen molar-refractivity contribution in [2.75, 3.05) is 11.5 Å². The average molecular weight is 367 g/mol. The Hall–Kier alpha value is -3.06. The number of amides is 2. The van der Waals surface area contributed by atoms with Gasteiger partial charge in [-0.1, -0.05) is 30.3 Å². The van der Waals surface area contributed by atoms with Crippen LogP contribution in [0.1, 0.15) is 6.92 Å². The molecule has 7 heteroatoms.